The van der Waals surface area contributed by atoms with Crippen LogP contribution in [0.15, 0.2) is 40.9 Å². The minimum atomic E-state index is -0.638. The second-order valence-corrected chi connectivity index (χ2v) is 6.88. The maximum absolute atomic E-state index is 12.4. The Balaban J connectivity index is 1.39. The van der Waals surface area contributed by atoms with Crippen LogP contribution < -0.4 is 0 Å². The molecule has 142 valence electrons. The minimum Gasteiger partial charge on any atom is -0.456 e. The summed E-state index contributed by atoms with van der Waals surface area (Å²) in [6.07, 6.45) is 1.59. The van der Waals surface area contributed by atoms with Gasteiger partial charge in [-0.15, -0.1) is 16.9 Å². The summed E-state index contributed by atoms with van der Waals surface area (Å²) in [6.45, 7) is -0.0567. The summed E-state index contributed by atoms with van der Waals surface area (Å²) < 4.78 is 6.67. The van der Waals surface area contributed by atoms with Crippen molar-refractivity contribution in [2.24, 2.45) is 7.05 Å². The number of thioether (sulfide) groups is 1. The minimum absolute atomic E-state index is 0.0450. The van der Waals surface area contributed by atoms with Crippen LogP contribution in [0.2, 0.25) is 0 Å². The molecule has 1 fully saturated rings. The lowest BCUT2D eigenvalue weighted by Crippen LogP contribution is -2.51. The highest BCUT2D eigenvalue weighted by atomic mass is 32.2. The van der Waals surface area contributed by atoms with Crippen LogP contribution in [-0.2, 0) is 28.0 Å². The lowest BCUT2D eigenvalue weighted by atomic mass is 10.0. The predicted octanol–water partition coefficient (Wildman–Crippen LogP) is 1.00. The number of benzene rings is 1. The van der Waals surface area contributed by atoms with E-state index in [1.165, 1.54) is 45.6 Å². The van der Waals surface area contributed by atoms with E-state index in [0.717, 1.165) is 0 Å². The summed E-state index contributed by atoms with van der Waals surface area (Å²) in [5, 5.41) is 23.0. The number of hydrogen-bond donors (Lipinski definition) is 0. The number of nitro benzene ring substituents is 1. The van der Waals surface area contributed by atoms with E-state index in [9.17, 15) is 19.7 Å². The Kier molecular flexibility index (Phi) is 4.39. The van der Waals surface area contributed by atoms with Crippen LogP contribution in [0.4, 0.5) is 5.69 Å². The number of amides is 1. The summed E-state index contributed by atoms with van der Waals surface area (Å²) in [7, 11) is 1.66. The summed E-state index contributed by atoms with van der Waals surface area (Å²) >= 11 is 1.32. The summed E-state index contributed by atoms with van der Waals surface area (Å²) in [6, 6.07) is 5.69. The highest BCUT2D eigenvalue weighted by Gasteiger charge is 2.50. The van der Waals surface area contributed by atoms with Crippen molar-refractivity contribution in [3.05, 3.63) is 62.4 Å². The van der Waals surface area contributed by atoms with Gasteiger partial charge in [0.15, 0.2) is 5.82 Å². The number of nitrogens with zero attached hydrogens (tertiary/aromatic N) is 6. The topological polar surface area (TPSA) is 133 Å². The van der Waals surface area contributed by atoms with Gasteiger partial charge in [-0.05, 0) is 34.2 Å². The fourth-order valence-corrected chi connectivity index (χ4v) is 3.81. The van der Waals surface area contributed by atoms with Gasteiger partial charge in [-0.3, -0.25) is 19.8 Å². The van der Waals surface area contributed by atoms with E-state index in [4.69, 9.17) is 4.74 Å². The first-order valence-electron chi connectivity index (χ1n) is 7.99. The number of tetrazole rings is 1. The van der Waals surface area contributed by atoms with Crippen molar-refractivity contribution in [1.29, 1.82) is 0 Å². The van der Waals surface area contributed by atoms with E-state index in [1.807, 2.05) is 0 Å². The Morgan fingerprint density at radius 3 is 2.79 bits per heavy atom. The first-order chi connectivity index (χ1) is 13.5. The van der Waals surface area contributed by atoms with Gasteiger partial charge < -0.3 is 4.74 Å². The highest BCUT2D eigenvalue weighted by molar-refractivity contribution is 8.03. The molecule has 1 aromatic carbocycles. The van der Waals surface area contributed by atoms with E-state index in [-0.39, 0.29) is 29.3 Å². The van der Waals surface area contributed by atoms with Crippen LogP contribution >= 0.6 is 11.8 Å². The summed E-state index contributed by atoms with van der Waals surface area (Å²) in [4.78, 5) is 36.3. The molecule has 0 radical (unpaired) electrons. The third-order valence-corrected chi connectivity index (χ3v) is 5.28. The number of esters is 1. The molecule has 2 aliphatic rings. The lowest BCUT2D eigenvalue weighted by Gasteiger charge is -2.37. The normalized spacial score (nSPS) is 19.2. The van der Waals surface area contributed by atoms with Gasteiger partial charge >= 0.3 is 5.97 Å². The first kappa shape index (κ1) is 17.9. The first-order valence-corrected chi connectivity index (χ1v) is 8.93. The van der Waals surface area contributed by atoms with Crippen LogP contribution in [-0.4, -0.2) is 47.3 Å². The van der Waals surface area contributed by atoms with Gasteiger partial charge in [0, 0.05) is 24.6 Å². The number of β-lactam (4-membered cyclic amide) rings is 1. The van der Waals surface area contributed by atoms with Crippen LogP contribution in [0.25, 0.3) is 6.08 Å². The molecular weight excluding hydrogens is 388 g/mol. The van der Waals surface area contributed by atoms with Crippen LogP contribution in [0.3, 0.4) is 0 Å². The van der Waals surface area contributed by atoms with Crippen molar-refractivity contribution in [3.63, 3.8) is 0 Å². The molecule has 2 aliphatic heterocycles. The molecule has 11 nitrogen and oxygen atoms in total. The Hall–Kier alpha value is -3.54. The second kappa shape index (κ2) is 6.88. The number of fused-ring (bicyclic) bond motifs is 1. The monoisotopic (exact) mass is 400 g/mol. The summed E-state index contributed by atoms with van der Waals surface area (Å²) in [5.41, 5.74) is 1.22. The SMILES string of the molecule is Cn1nnnc1/C=C1/C(=O)N2C(C(=O)OCc3ccc([N+](=O)[O-])cc3)=CSC12. The van der Waals surface area contributed by atoms with Crippen molar-refractivity contribution >= 4 is 35.4 Å². The van der Waals surface area contributed by atoms with Crippen LogP contribution in [0, 0.1) is 10.1 Å². The highest BCUT2D eigenvalue weighted by Crippen LogP contribution is 2.45. The van der Waals surface area contributed by atoms with Crippen LogP contribution in [0.5, 0.6) is 0 Å². The molecule has 0 bridgehead atoms. The quantitative estimate of drug-likeness (QED) is 0.237. The number of rotatable bonds is 5. The molecule has 1 unspecified atom stereocenters. The molecule has 4 rings (SSSR count). The number of hydrogen-bond acceptors (Lipinski definition) is 9. The van der Waals surface area contributed by atoms with Gasteiger partial charge in [0.1, 0.15) is 17.7 Å². The van der Waals surface area contributed by atoms with Gasteiger partial charge in [0.2, 0.25) is 0 Å². The number of aryl methyl sites for hydroxylation is 1. The molecule has 0 spiro atoms. The summed E-state index contributed by atoms with van der Waals surface area (Å²) in [5.74, 6) is -0.504. The predicted molar refractivity (Wildman–Crippen MR) is 96.0 cm³/mol. The van der Waals surface area contributed by atoms with E-state index in [2.05, 4.69) is 15.5 Å². The number of carbonyl (C=O) groups is 2. The van der Waals surface area contributed by atoms with Crippen molar-refractivity contribution in [1.82, 2.24) is 25.1 Å². The molecule has 1 aromatic heterocycles. The number of carbonyl (C=O) groups excluding carboxylic acids is 2. The maximum Gasteiger partial charge on any atom is 0.355 e. The van der Waals surface area contributed by atoms with E-state index < -0.39 is 10.9 Å². The molecule has 0 saturated carbocycles. The third kappa shape index (κ3) is 3.03. The molecule has 1 amide bonds. The van der Waals surface area contributed by atoms with Gasteiger partial charge in [0.05, 0.1) is 10.5 Å². The van der Waals surface area contributed by atoms with E-state index >= 15 is 0 Å². The molecule has 0 aliphatic carbocycles. The Morgan fingerprint density at radius 1 is 1.39 bits per heavy atom. The average molecular weight is 400 g/mol. The number of aromatic nitrogens is 4. The number of non-ortho nitro benzene ring substituents is 1. The Labute approximate surface area is 161 Å². The molecule has 12 heteroatoms. The second-order valence-electron chi connectivity index (χ2n) is 5.93. The van der Waals surface area contributed by atoms with Crippen molar-refractivity contribution < 1.29 is 19.2 Å². The number of nitro groups is 1. The van der Waals surface area contributed by atoms with Gasteiger partial charge in [-0.25, -0.2) is 9.48 Å². The Morgan fingerprint density at radius 2 is 2.14 bits per heavy atom. The smallest absolute Gasteiger partial charge is 0.355 e. The fourth-order valence-electron chi connectivity index (χ4n) is 2.69. The zero-order valence-electron chi connectivity index (χ0n) is 14.4. The number of ether oxygens (including phenoxy) is 1. The molecule has 2 aromatic rings. The van der Waals surface area contributed by atoms with E-state index in [1.54, 1.807) is 18.5 Å². The van der Waals surface area contributed by atoms with Gasteiger partial charge in [-0.1, -0.05) is 0 Å². The van der Waals surface area contributed by atoms with Crippen molar-refractivity contribution in [2.75, 3.05) is 0 Å². The zero-order valence-corrected chi connectivity index (χ0v) is 15.2. The van der Waals surface area contributed by atoms with Crippen molar-refractivity contribution in [2.45, 2.75) is 12.0 Å². The molecular formula is C16H12N6O5S. The molecule has 3 heterocycles. The molecule has 1 atom stereocenters. The van der Waals surface area contributed by atoms with Crippen LogP contribution in [0.1, 0.15) is 11.4 Å². The molecule has 28 heavy (non-hydrogen) atoms. The van der Waals surface area contributed by atoms with Crippen molar-refractivity contribution in [3.8, 4) is 0 Å². The maximum atomic E-state index is 12.4. The van der Waals surface area contributed by atoms with Gasteiger partial charge in [-0.2, -0.15) is 0 Å². The van der Waals surface area contributed by atoms with E-state index in [0.29, 0.717) is 17.0 Å². The largest absolute Gasteiger partial charge is 0.456 e. The molecule has 1 saturated heterocycles. The lowest BCUT2D eigenvalue weighted by molar-refractivity contribution is -0.384. The zero-order chi connectivity index (χ0) is 19.8. The average Bonchev–Trinajstić information content (AvgIpc) is 3.28. The fraction of sp³-hybridized carbons (Fsp3) is 0.188. The Bertz CT molecular complexity index is 1040. The standard InChI is InChI=1S/C16H12N6O5S/c1-20-13(17-18-19-20)6-11-14(23)21-12(8-28-15(11)21)16(24)27-7-9-2-4-10(5-3-9)22(25)26/h2-6,8,15H,7H2,1H3/b11-6-. The third-order valence-electron chi connectivity index (χ3n) is 4.20. The molecule has 0 N–H and O–H groups in total. The van der Waals surface area contributed by atoms with Gasteiger partial charge in [0.25, 0.3) is 11.6 Å².